The van der Waals surface area contributed by atoms with Gasteiger partial charge in [-0.05, 0) is 23.9 Å². The Morgan fingerprint density at radius 3 is 2.81 bits per heavy atom. The summed E-state index contributed by atoms with van der Waals surface area (Å²) in [4.78, 5) is 12.8. The van der Waals surface area contributed by atoms with Gasteiger partial charge in [0.05, 0.1) is 6.54 Å². The van der Waals surface area contributed by atoms with Crippen molar-refractivity contribution in [2.45, 2.75) is 11.4 Å². The van der Waals surface area contributed by atoms with E-state index in [0.717, 1.165) is 5.69 Å². The van der Waals surface area contributed by atoms with Gasteiger partial charge in [-0.15, -0.1) is 6.58 Å². The molecule has 16 heavy (non-hydrogen) atoms. The summed E-state index contributed by atoms with van der Waals surface area (Å²) in [6, 6.07) is 9.75. The minimum absolute atomic E-state index is 0.105. The SMILES string of the molecule is C=CCC1(N)SC(=O)CN1c1ccccc1. The summed E-state index contributed by atoms with van der Waals surface area (Å²) in [6.45, 7) is 4.05. The molecule has 2 rings (SSSR count). The van der Waals surface area contributed by atoms with Crippen LogP contribution in [-0.4, -0.2) is 16.7 Å². The molecule has 1 unspecified atom stereocenters. The Bertz CT molecular complexity index is 407. The van der Waals surface area contributed by atoms with Crippen molar-refractivity contribution in [2.75, 3.05) is 11.4 Å². The number of hydrogen-bond acceptors (Lipinski definition) is 4. The number of benzene rings is 1. The number of hydrogen-bond donors (Lipinski definition) is 1. The minimum Gasteiger partial charge on any atom is -0.336 e. The predicted molar refractivity (Wildman–Crippen MR) is 68.1 cm³/mol. The Kier molecular flexibility index (Phi) is 3.03. The lowest BCUT2D eigenvalue weighted by atomic mass is 10.2. The van der Waals surface area contributed by atoms with Crippen LogP contribution < -0.4 is 10.6 Å². The molecule has 1 aromatic carbocycles. The highest BCUT2D eigenvalue weighted by atomic mass is 32.2. The minimum atomic E-state index is -0.680. The number of thioether (sulfide) groups is 1. The lowest BCUT2D eigenvalue weighted by Crippen LogP contribution is -2.49. The van der Waals surface area contributed by atoms with Crippen LogP contribution in [0.2, 0.25) is 0 Å². The van der Waals surface area contributed by atoms with Gasteiger partial charge >= 0.3 is 0 Å². The van der Waals surface area contributed by atoms with Crippen molar-refractivity contribution in [3.05, 3.63) is 43.0 Å². The summed E-state index contributed by atoms with van der Waals surface area (Å²) in [5.41, 5.74) is 7.21. The molecule has 0 bridgehead atoms. The first-order valence-electron chi connectivity index (χ1n) is 5.10. The van der Waals surface area contributed by atoms with E-state index < -0.39 is 4.99 Å². The van der Waals surface area contributed by atoms with Crippen LogP contribution in [0.25, 0.3) is 0 Å². The van der Waals surface area contributed by atoms with E-state index in [1.165, 1.54) is 11.8 Å². The Hall–Kier alpha value is -1.26. The van der Waals surface area contributed by atoms with E-state index in [-0.39, 0.29) is 5.12 Å². The Morgan fingerprint density at radius 1 is 1.50 bits per heavy atom. The van der Waals surface area contributed by atoms with E-state index in [1.54, 1.807) is 6.08 Å². The molecule has 3 nitrogen and oxygen atoms in total. The molecule has 1 saturated heterocycles. The summed E-state index contributed by atoms with van der Waals surface area (Å²) in [6.07, 6.45) is 2.33. The molecular weight excluding hydrogens is 220 g/mol. The quantitative estimate of drug-likeness (QED) is 0.812. The topological polar surface area (TPSA) is 46.3 Å². The maximum absolute atomic E-state index is 11.5. The molecule has 0 aromatic heterocycles. The number of rotatable bonds is 3. The van der Waals surface area contributed by atoms with E-state index in [2.05, 4.69) is 6.58 Å². The van der Waals surface area contributed by atoms with Gasteiger partial charge in [-0.1, -0.05) is 24.3 Å². The van der Waals surface area contributed by atoms with Crippen molar-refractivity contribution in [3.63, 3.8) is 0 Å². The van der Waals surface area contributed by atoms with Gasteiger partial charge in [-0.25, -0.2) is 0 Å². The zero-order valence-corrected chi connectivity index (χ0v) is 9.74. The third-order valence-corrected chi connectivity index (χ3v) is 3.64. The molecular formula is C12H14N2OS. The zero-order valence-electron chi connectivity index (χ0n) is 8.93. The normalized spacial score (nSPS) is 24.8. The van der Waals surface area contributed by atoms with Gasteiger partial charge in [0.2, 0.25) is 5.12 Å². The summed E-state index contributed by atoms with van der Waals surface area (Å²) < 4.78 is 0. The maximum atomic E-state index is 11.5. The molecule has 1 aliphatic heterocycles. The van der Waals surface area contributed by atoms with Crippen LogP contribution in [0.4, 0.5) is 5.69 Å². The summed E-state index contributed by atoms with van der Waals surface area (Å²) in [5.74, 6) is 0. The number of carbonyl (C=O) groups is 1. The first-order chi connectivity index (χ1) is 7.65. The van der Waals surface area contributed by atoms with Crippen molar-refractivity contribution in [2.24, 2.45) is 5.73 Å². The highest BCUT2D eigenvalue weighted by Crippen LogP contribution is 2.38. The second-order valence-electron chi connectivity index (χ2n) is 3.73. The van der Waals surface area contributed by atoms with Crippen LogP contribution in [0.1, 0.15) is 6.42 Å². The predicted octanol–water partition coefficient (Wildman–Crippen LogP) is 1.95. The second kappa shape index (κ2) is 4.31. The van der Waals surface area contributed by atoms with Crippen LogP contribution in [-0.2, 0) is 4.79 Å². The molecule has 0 radical (unpaired) electrons. The highest BCUT2D eigenvalue weighted by molar-refractivity contribution is 8.15. The van der Waals surface area contributed by atoms with E-state index in [4.69, 9.17) is 5.73 Å². The van der Waals surface area contributed by atoms with Gasteiger partial charge in [0.1, 0.15) is 4.99 Å². The molecule has 0 amide bonds. The van der Waals surface area contributed by atoms with E-state index in [0.29, 0.717) is 13.0 Å². The van der Waals surface area contributed by atoms with Crippen LogP contribution >= 0.6 is 11.8 Å². The van der Waals surface area contributed by atoms with Gasteiger partial charge in [0.15, 0.2) is 0 Å². The summed E-state index contributed by atoms with van der Waals surface area (Å²) in [5, 5.41) is 0.105. The molecule has 0 aliphatic carbocycles. The van der Waals surface area contributed by atoms with E-state index >= 15 is 0 Å². The Labute approximate surface area is 99.3 Å². The number of nitrogens with two attached hydrogens (primary N) is 1. The number of para-hydroxylation sites is 1. The first-order valence-corrected chi connectivity index (χ1v) is 5.92. The van der Waals surface area contributed by atoms with Gasteiger partial charge in [0, 0.05) is 12.1 Å². The third kappa shape index (κ3) is 1.99. The van der Waals surface area contributed by atoms with Crippen molar-refractivity contribution in [1.29, 1.82) is 0 Å². The second-order valence-corrected chi connectivity index (χ2v) is 5.10. The van der Waals surface area contributed by atoms with Crippen LogP contribution in [0.5, 0.6) is 0 Å². The lowest BCUT2D eigenvalue weighted by Gasteiger charge is -2.33. The summed E-state index contributed by atoms with van der Waals surface area (Å²) >= 11 is 1.19. The van der Waals surface area contributed by atoms with Crippen LogP contribution in [0.3, 0.4) is 0 Å². The van der Waals surface area contributed by atoms with Crippen molar-refractivity contribution < 1.29 is 4.79 Å². The molecule has 0 saturated carbocycles. The van der Waals surface area contributed by atoms with Gasteiger partial charge in [-0.2, -0.15) is 0 Å². The van der Waals surface area contributed by atoms with Gasteiger partial charge in [-0.3, -0.25) is 10.5 Å². The fraction of sp³-hybridized carbons (Fsp3) is 0.250. The molecule has 4 heteroatoms. The average molecular weight is 234 g/mol. The molecule has 0 spiro atoms. The van der Waals surface area contributed by atoms with Crippen molar-refractivity contribution in [1.82, 2.24) is 0 Å². The monoisotopic (exact) mass is 234 g/mol. The standard InChI is InChI=1S/C12H14N2OS/c1-2-8-12(13)14(9-11(15)16-12)10-6-4-3-5-7-10/h2-7H,1,8-9,13H2. The molecule has 1 fully saturated rings. The first kappa shape index (κ1) is 11.2. The van der Waals surface area contributed by atoms with Gasteiger partial charge < -0.3 is 4.90 Å². The lowest BCUT2D eigenvalue weighted by molar-refractivity contribution is -0.109. The Morgan fingerprint density at radius 2 is 2.19 bits per heavy atom. The molecule has 1 aromatic rings. The van der Waals surface area contributed by atoms with E-state index in [1.807, 2.05) is 35.2 Å². The van der Waals surface area contributed by atoms with Crippen molar-refractivity contribution in [3.8, 4) is 0 Å². The van der Waals surface area contributed by atoms with Crippen LogP contribution in [0, 0.1) is 0 Å². The number of carbonyl (C=O) groups excluding carboxylic acids is 1. The highest BCUT2D eigenvalue weighted by Gasteiger charge is 2.42. The molecule has 1 atom stereocenters. The number of nitrogens with zero attached hydrogens (tertiary/aromatic N) is 1. The zero-order chi connectivity index (χ0) is 11.6. The van der Waals surface area contributed by atoms with E-state index in [9.17, 15) is 4.79 Å². The molecule has 2 N–H and O–H groups in total. The fourth-order valence-electron chi connectivity index (χ4n) is 1.82. The van der Waals surface area contributed by atoms with Crippen LogP contribution in [0.15, 0.2) is 43.0 Å². The van der Waals surface area contributed by atoms with Gasteiger partial charge in [0.25, 0.3) is 0 Å². The van der Waals surface area contributed by atoms with Crippen molar-refractivity contribution >= 4 is 22.6 Å². The average Bonchev–Trinajstić information content (AvgIpc) is 2.56. The Balaban J connectivity index is 2.32. The number of anilines is 1. The molecule has 1 aliphatic rings. The third-order valence-electron chi connectivity index (χ3n) is 2.54. The fourth-order valence-corrected chi connectivity index (χ4v) is 2.89. The maximum Gasteiger partial charge on any atom is 0.211 e. The smallest absolute Gasteiger partial charge is 0.211 e. The summed E-state index contributed by atoms with van der Waals surface area (Å²) in [7, 11) is 0. The largest absolute Gasteiger partial charge is 0.336 e. The molecule has 1 heterocycles. The molecule has 84 valence electrons.